The Hall–Kier alpha value is -2.70. The second kappa shape index (κ2) is 6.07. The highest BCUT2D eigenvalue weighted by Gasteiger charge is 2.27. The molecular weight excluding hydrogens is 310 g/mol. The molecule has 1 aromatic carbocycles. The molecular formula is C17H19N3O4. The fourth-order valence-electron chi connectivity index (χ4n) is 2.93. The summed E-state index contributed by atoms with van der Waals surface area (Å²) in [5, 5.41) is 4.32. The van der Waals surface area contributed by atoms with Crippen LogP contribution in [0.3, 0.4) is 0 Å². The molecule has 7 nitrogen and oxygen atoms in total. The summed E-state index contributed by atoms with van der Waals surface area (Å²) in [5.41, 5.74) is 0.406. The number of ether oxygens (including phenoxy) is 3. The Kier molecular flexibility index (Phi) is 3.76. The molecule has 126 valence electrons. The van der Waals surface area contributed by atoms with Gasteiger partial charge in [0.15, 0.2) is 23.3 Å². The number of nitrogens with zero attached hydrogens (tertiary/aromatic N) is 3. The van der Waals surface area contributed by atoms with Crippen molar-refractivity contribution in [1.82, 2.24) is 14.7 Å². The largest absolute Gasteiger partial charge is 0.486 e. The Bertz CT molecular complexity index is 737. The van der Waals surface area contributed by atoms with Gasteiger partial charge in [0, 0.05) is 12.6 Å². The van der Waals surface area contributed by atoms with Crippen LogP contribution in [0.1, 0.15) is 17.4 Å². The summed E-state index contributed by atoms with van der Waals surface area (Å²) in [4.78, 5) is 14.4. The van der Waals surface area contributed by atoms with Crippen LogP contribution in [0.15, 0.2) is 30.3 Å². The molecule has 7 heteroatoms. The fourth-order valence-corrected chi connectivity index (χ4v) is 2.93. The average molecular weight is 329 g/mol. The highest BCUT2D eigenvalue weighted by Crippen LogP contribution is 2.31. The first-order valence-electron chi connectivity index (χ1n) is 8.13. The number of amides is 1. The number of carbonyl (C=O) groups is 1. The van der Waals surface area contributed by atoms with Crippen LogP contribution >= 0.6 is 0 Å². The maximum atomic E-state index is 12.7. The number of hydrogen-bond acceptors (Lipinski definition) is 5. The fraction of sp³-hybridized carbons (Fsp3) is 0.412. The zero-order valence-corrected chi connectivity index (χ0v) is 13.5. The van der Waals surface area contributed by atoms with Gasteiger partial charge in [-0.1, -0.05) is 12.1 Å². The van der Waals surface area contributed by atoms with Crippen LogP contribution < -0.4 is 14.2 Å². The number of carbonyl (C=O) groups excluding carboxylic acids is 1. The van der Waals surface area contributed by atoms with E-state index in [1.54, 1.807) is 15.6 Å². The molecule has 0 radical (unpaired) electrons. The van der Waals surface area contributed by atoms with Gasteiger partial charge in [-0.25, -0.2) is 4.68 Å². The van der Waals surface area contributed by atoms with Gasteiger partial charge in [0.2, 0.25) is 5.88 Å². The molecule has 3 heterocycles. The lowest BCUT2D eigenvalue weighted by Crippen LogP contribution is -2.43. The van der Waals surface area contributed by atoms with Crippen molar-refractivity contribution in [3.63, 3.8) is 0 Å². The number of benzene rings is 1. The van der Waals surface area contributed by atoms with Crippen molar-refractivity contribution in [2.75, 3.05) is 26.3 Å². The van der Waals surface area contributed by atoms with E-state index in [0.717, 1.165) is 5.75 Å². The van der Waals surface area contributed by atoms with Crippen LogP contribution in [0, 0.1) is 0 Å². The summed E-state index contributed by atoms with van der Waals surface area (Å²) in [7, 11) is 0. The van der Waals surface area contributed by atoms with Crippen molar-refractivity contribution in [1.29, 1.82) is 0 Å². The van der Waals surface area contributed by atoms with Gasteiger partial charge in [-0.2, -0.15) is 5.10 Å². The van der Waals surface area contributed by atoms with Gasteiger partial charge in [-0.15, -0.1) is 0 Å². The third-order valence-corrected chi connectivity index (χ3v) is 4.18. The van der Waals surface area contributed by atoms with E-state index >= 15 is 0 Å². The minimum absolute atomic E-state index is 0.120. The van der Waals surface area contributed by atoms with Crippen molar-refractivity contribution in [2.24, 2.45) is 0 Å². The normalized spacial score (nSPS) is 18.0. The van der Waals surface area contributed by atoms with Gasteiger partial charge in [-0.3, -0.25) is 4.79 Å². The minimum atomic E-state index is -0.200. The van der Waals surface area contributed by atoms with Gasteiger partial charge in [0.25, 0.3) is 5.91 Å². The average Bonchev–Trinajstić information content (AvgIpc) is 3.21. The first kappa shape index (κ1) is 14.9. The lowest BCUT2D eigenvalue weighted by atomic mass is 10.2. The number of hydrogen-bond donors (Lipinski definition) is 0. The molecule has 4 rings (SSSR count). The topological polar surface area (TPSA) is 65.8 Å². The lowest BCUT2D eigenvalue weighted by Gasteiger charge is -2.30. The molecule has 0 aliphatic carbocycles. The lowest BCUT2D eigenvalue weighted by molar-refractivity contribution is 0.0470. The zero-order chi connectivity index (χ0) is 16.5. The van der Waals surface area contributed by atoms with E-state index in [9.17, 15) is 4.79 Å². The number of likely N-dealkylation sites (N-methyl/N-ethyl adjacent to an activating group) is 1. The molecule has 2 aliphatic rings. The number of rotatable bonds is 4. The molecule has 1 unspecified atom stereocenters. The van der Waals surface area contributed by atoms with Crippen LogP contribution in [0.25, 0.3) is 0 Å². The predicted octanol–water partition coefficient (Wildman–Crippen LogP) is 1.58. The quantitative estimate of drug-likeness (QED) is 0.852. The molecule has 0 saturated carbocycles. The number of fused-ring (bicyclic) bond motifs is 2. The molecule has 24 heavy (non-hydrogen) atoms. The highest BCUT2D eigenvalue weighted by atomic mass is 16.6. The molecule has 0 saturated heterocycles. The van der Waals surface area contributed by atoms with Gasteiger partial charge in [0.05, 0.1) is 13.1 Å². The van der Waals surface area contributed by atoms with E-state index in [1.165, 1.54) is 0 Å². The van der Waals surface area contributed by atoms with E-state index in [1.807, 2.05) is 31.2 Å². The summed E-state index contributed by atoms with van der Waals surface area (Å²) in [6, 6.07) is 9.26. The van der Waals surface area contributed by atoms with Gasteiger partial charge < -0.3 is 19.1 Å². The maximum absolute atomic E-state index is 12.7. The van der Waals surface area contributed by atoms with Gasteiger partial charge in [0.1, 0.15) is 13.2 Å². The maximum Gasteiger partial charge on any atom is 0.274 e. The second-order valence-electron chi connectivity index (χ2n) is 5.78. The van der Waals surface area contributed by atoms with E-state index in [0.29, 0.717) is 50.2 Å². The van der Waals surface area contributed by atoms with Crippen molar-refractivity contribution in [3.8, 4) is 17.4 Å². The third-order valence-electron chi connectivity index (χ3n) is 4.18. The smallest absolute Gasteiger partial charge is 0.274 e. The minimum Gasteiger partial charge on any atom is -0.486 e. The summed E-state index contributed by atoms with van der Waals surface area (Å²) in [5.74, 6) is 1.99. The Morgan fingerprint density at radius 3 is 2.96 bits per heavy atom. The third kappa shape index (κ3) is 2.66. The van der Waals surface area contributed by atoms with E-state index in [-0.39, 0.29) is 12.0 Å². The van der Waals surface area contributed by atoms with Gasteiger partial charge in [-0.05, 0) is 19.1 Å². The summed E-state index contributed by atoms with van der Waals surface area (Å²) in [6.07, 6.45) is -0.200. The molecule has 1 amide bonds. The molecule has 0 N–H and O–H groups in total. The summed E-state index contributed by atoms with van der Waals surface area (Å²) < 4.78 is 18.8. The Balaban J connectivity index is 1.45. The Morgan fingerprint density at radius 1 is 1.33 bits per heavy atom. The standard InChI is InChI=1S/C17H19N3O4/c1-2-19(17(21)13-9-16-20(18-13)7-8-22-16)10-12-11-23-14-5-3-4-6-15(14)24-12/h3-6,9,12H,2,7-8,10-11H2,1H3. The van der Waals surface area contributed by atoms with Gasteiger partial charge >= 0.3 is 0 Å². The first-order valence-corrected chi connectivity index (χ1v) is 8.13. The monoisotopic (exact) mass is 329 g/mol. The van der Waals surface area contributed by atoms with Crippen molar-refractivity contribution in [3.05, 3.63) is 36.0 Å². The zero-order valence-electron chi connectivity index (χ0n) is 13.5. The molecule has 0 fully saturated rings. The molecule has 1 aromatic heterocycles. The number of aromatic nitrogens is 2. The van der Waals surface area contributed by atoms with Crippen LogP contribution in [-0.2, 0) is 6.54 Å². The second-order valence-corrected chi connectivity index (χ2v) is 5.78. The van der Waals surface area contributed by atoms with Crippen LogP contribution in [0.4, 0.5) is 0 Å². The summed E-state index contributed by atoms with van der Waals surface area (Å²) >= 11 is 0. The molecule has 0 bridgehead atoms. The molecule has 2 aromatic rings. The highest BCUT2D eigenvalue weighted by molar-refractivity contribution is 5.92. The SMILES string of the molecule is CCN(CC1COc2ccccc2O1)C(=O)c1cc2n(n1)CCO2. The predicted molar refractivity (Wildman–Crippen MR) is 85.7 cm³/mol. The molecule has 0 spiro atoms. The number of para-hydroxylation sites is 2. The van der Waals surface area contributed by atoms with Crippen LogP contribution in [0.2, 0.25) is 0 Å². The Morgan fingerprint density at radius 2 is 2.17 bits per heavy atom. The van der Waals surface area contributed by atoms with E-state index in [4.69, 9.17) is 14.2 Å². The molecule has 1 atom stereocenters. The van der Waals surface area contributed by atoms with Crippen molar-refractivity contribution < 1.29 is 19.0 Å². The van der Waals surface area contributed by atoms with Crippen LogP contribution in [0.5, 0.6) is 17.4 Å². The van der Waals surface area contributed by atoms with E-state index in [2.05, 4.69) is 5.10 Å². The van der Waals surface area contributed by atoms with Crippen molar-refractivity contribution >= 4 is 5.91 Å². The molecule has 2 aliphatic heterocycles. The Labute approximate surface area is 139 Å². The van der Waals surface area contributed by atoms with Crippen LogP contribution in [-0.4, -0.2) is 53.0 Å². The van der Waals surface area contributed by atoms with Crippen molar-refractivity contribution in [2.45, 2.75) is 19.6 Å². The summed E-state index contributed by atoms with van der Waals surface area (Å²) in [6.45, 7) is 4.68. The van der Waals surface area contributed by atoms with E-state index < -0.39 is 0 Å². The first-order chi connectivity index (χ1) is 11.7.